The largest absolute Gasteiger partial charge is 0.490 e. The van der Waals surface area contributed by atoms with Gasteiger partial charge < -0.3 is 39.8 Å². The summed E-state index contributed by atoms with van der Waals surface area (Å²) >= 11 is 0. The van der Waals surface area contributed by atoms with Crippen LogP contribution < -0.4 is 29.6 Å². The molecule has 0 bridgehead atoms. The lowest BCUT2D eigenvalue weighted by atomic mass is 10.1. The van der Waals surface area contributed by atoms with Crippen LogP contribution in [0.25, 0.3) is 0 Å². The highest BCUT2D eigenvalue weighted by Gasteiger charge is 2.19. The second-order valence-electron chi connectivity index (χ2n) is 10.3. The summed E-state index contributed by atoms with van der Waals surface area (Å²) in [5, 5.41) is 24.6. The number of amides is 2. The molecule has 0 aliphatic rings. The van der Waals surface area contributed by atoms with Crippen molar-refractivity contribution in [2.45, 2.75) is 0 Å². The van der Waals surface area contributed by atoms with Gasteiger partial charge in [0, 0.05) is 11.4 Å². The highest BCUT2D eigenvalue weighted by Crippen LogP contribution is 2.26. The van der Waals surface area contributed by atoms with Crippen molar-refractivity contribution in [3.05, 3.63) is 138 Å². The maximum Gasteiger partial charge on any atom is 0.336 e. The first kappa shape index (κ1) is 34.1. The zero-order valence-corrected chi connectivity index (χ0v) is 26.1. The van der Waals surface area contributed by atoms with Gasteiger partial charge in [-0.1, -0.05) is 24.6 Å². The number of hydrogen-bond donors (Lipinski definition) is 4. The predicted molar refractivity (Wildman–Crippen MR) is 183 cm³/mol. The Morgan fingerprint density at radius 2 is 0.980 bits per heavy atom. The van der Waals surface area contributed by atoms with E-state index in [1.807, 2.05) is 36.4 Å². The number of carboxylic acid groups (broad SMARTS) is 2. The van der Waals surface area contributed by atoms with Crippen LogP contribution in [0.4, 0.5) is 11.4 Å². The molecular formula is C38H28N2O10. The van der Waals surface area contributed by atoms with E-state index < -0.39 is 23.8 Å². The molecule has 50 heavy (non-hydrogen) atoms. The van der Waals surface area contributed by atoms with Crippen LogP contribution in [0, 0.1) is 12.5 Å². The molecule has 4 N–H and O–H groups in total. The molecule has 0 fully saturated rings. The first-order valence-electron chi connectivity index (χ1n) is 14.9. The number of carbonyl (C=O) groups excluding carboxylic acids is 2. The standard InChI is InChI=1S/C38H28N2O10/c1-2-47-29-16-18-31(33(22-29)37(43)44)35(41)39-24-8-12-27(13-9-24)50-28-14-10-25(11-15-28)40-36(42)32-19-17-30(23-34(32)38(45)46)49-21-20-48-26-6-4-3-5-7-26/h1,3-19,22-23H,20-21H2,(H,39,41)(H,40,42)(H,43,44)(H,45,46). The molecule has 12 heteroatoms. The fourth-order valence-corrected chi connectivity index (χ4v) is 4.60. The number of anilines is 2. The van der Waals surface area contributed by atoms with Crippen LogP contribution in [0.15, 0.2) is 115 Å². The number of carboxylic acids is 2. The Labute approximate surface area is 285 Å². The van der Waals surface area contributed by atoms with Crippen molar-refractivity contribution in [1.82, 2.24) is 0 Å². The Balaban J connectivity index is 1.15. The first-order valence-corrected chi connectivity index (χ1v) is 14.9. The summed E-state index contributed by atoms with van der Waals surface area (Å²) in [6.45, 7) is 0.417. The molecule has 5 rings (SSSR count). The highest BCUT2D eigenvalue weighted by molar-refractivity contribution is 6.11. The lowest BCUT2D eigenvalue weighted by Crippen LogP contribution is -2.17. The molecule has 5 aromatic rings. The molecular weight excluding hydrogens is 644 g/mol. The van der Waals surface area contributed by atoms with Gasteiger partial charge in [-0.2, -0.15) is 0 Å². The third-order valence-electron chi connectivity index (χ3n) is 6.93. The Bertz CT molecular complexity index is 2060. The SMILES string of the molecule is C#COc1ccc(C(=O)Nc2ccc(Oc3ccc(NC(=O)c4ccc(OCCOc5ccccc5)cc4C(=O)O)cc3)cc2)c(C(=O)O)c1. The number of benzene rings is 5. The number of carbonyl (C=O) groups is 4. The second-order valence-corrected chi connectivity index (χ2v) is 10.3. The van der Waals surface area contributed by atoms with Crippen LogP contribution in [-0.2, 0) is 0 Å². The third-order valence-corrected chi connectivity index (χ3v) is 6.93. The molecule has 250 valence electrons. The molecule has 2 amide bonds. The van der Waals surface area contributed by atoms with Gasteiger partial charge in [0.1, 0.15) is 48.1 Å². The Hall–Kier alpha value is -7.26. The zero-order valence-electron chi connectivity index (χ0n) is 26.1. The second kappa shape index (κ2) is 16.0. The van der Waals surface area contributed by atoms with E-state index in [1.165, 1.54) is 30.3 Å². The lowest BCUT2D eigenvalue weighted by Gasteiger charge is -2.12. The highest BCUT2D eigenvalue weighted by atomic mass is 16.5. The topological polar surface area (TPSA) is 170 Å². The fraction of sp³-hybridized carbons (Fsp3) is 0.0526. The monoisotopic (exact) mass is 672 g/mol. The minimum atomic E-state index is -1.32. The number of ether oxygens (including phenoxy) is 4. The molecule has 0 aliphatic carbocycles. The van der Waals surface area contributed by atoms with Gasteiger partial charge in [0.05, 0.1) is 22.3 Å². The van der Waals surface area contributed by atoms with Gasteiger partial charge in [0.15, 0.2) is 0 Å². The van der Waals surface area contributed by atoms with Crippen molar-refractivity contribution >= 4 is 35.1 Å². The summed E-state index contributed by atoms with van der Waals surface area (Å²) in [6.07, 6.45) is 7.03. The average Bonchev–Trinajstić information content (AvgIpc) is 3.12. The van der Waals surface area contributed by atoms with Crippen LogP contribution >= 0.6 is 0 Å². The smallest absolute Gasteiger partial charge is 0.336 e. The van der Waals surface area contributed by atoms with E-state index in [0.29, 0.717) is 28.6 Å². The lowest BCUT2D eigenvalue weighted by molar-refractivity contribution is 0.0683. The maximum absolute atomic E-state index is 13.0. The maximum atomic E-state index is 13.0. The van der Waals surface area contributed by atoms with Crippen molar-refractivity contribution < 1.29 is 48.3 Å². The minimum absolute atomic E-state index is 0.0491. The van der Waals surface area contributed by atoms with E-state index in [9.17, 15) is 29.4 Å². The van der Waals surface area contributed by atoms with Gasteiger partial charge in [-0.3, -0.25) is 9.59 Å². The number of nitrogens with one attached hydrogen (secondary N) is 2. The summed E-state index contributed by atoms with van der Waals surface area (Å²) in [6, 6.07) is 30.0. The molecule has 0 saturated heterocycles. The van der Waals surface area contributed by atoms with Crippen LogP contribution in [0.2, 0.25) is 0 Å². The van der Waals surface area contributed by atoms with E-state index >= 15 is 0 Å². The molecule has 0 radical (unpaired) electrons. The van der Waals surface area contributed by atoms with Crippen LogP contribution in [0.1, 0.15) is 41.4 Å². The summed E-state index contributed by atoms with van der Waals surface area (Å²) < 4.78 is 21.9. The van der Waals surface area contributed by atoms with E-state index in [1.54, 1.807) is 48.5 Å². The number of terminal acetylenes is 1. The predicted octanol–water partition coefficient (Wildman–Crippen LogP) is 6.81. The van der Waals surface area contributed by atoms with Gasteiger partial charge in [-0.05, 0) is 97.1 Å². The molecule has 0 aliphatic heterocycles. The van der Waals surface area contributed by atoms with Crippen LogP contribution in [0.3, 0.4) is 0 Å². The molecule has 0 unspecified atom stereocenters. The number of hydrogen-bond acceptors (Lipinski definition) is 8. The normalized spacial score (nSPS) is 10.2. The van der Waals surface area contributed by atoms with Gasteiger partial charge in [-0.25, -0.2) is 9.59 Å². The van der Waals surface area contributed by atoms with Crippen LogP contribution in [-0.4, -0.2) is 47.2 Å². The number of aromatic carboxylic acids is 2. The van der Waals surface area contributed by atoms with E-state index in [4.69, 9.17) is 25.4 Å². The first-order chi connectivity index (χ1) is 24.2. The van der Waals surface area contributed by atoms with E-state index in [2.05, 4.69) is 10.6 Å². The fourth-order valence-electron chi connectivity index (χ4n) is 4.60. The molecule has 0 aromatic heterocycles. The quantitative estimate of drug-likeness (QED) is 0.0726. The minimum Gasteiger partial charge on any atom is -0.490 e. The zero-order chi connectivity index (χ0) is 35.5. The van der Waals surface area contributed by atoms with Crippen molar-refractivity contribution in [2.24, 2.45) is 0 Å². The molecule has 0 spiro atoms. The summed E-state index contributed by atoms with van der Waals surface area (Å²) in [4.78, 5) is 49.4. The third kappa shape index (κ3) is 8.96. The molecule has 5 aromatic carbocycles. The Kier molecular flexibility index (Phi) is 10.9. The number of para-hydroxylation sites is 1. The number of rotatable bonds is 14. The summed E-state index contributed by atoms with van der Waals surface area (Å²) in [5.74, 6) is -1.94. The Morgan fingerprint density at radius 1 is 0.540 bits per heavy atom. The molecule has 0 saturated carbocycles. The molecule has 0 heterocycles. The van der Waals surface area contributed by atoms with Crippen molar-refractivity contribution in [1.29, 1.82) is 0 Å². The summed E-state index contributed by atoms with van der Waals surface area (Å²) in [7, 11) is 0. The van der Waals surface area contributed by atoms with Gasteiger partial charge in [0.2, 0.25) is 0 Å². The van der Waals surface area contributed by atoms with Crippen molar-refractivity contribution in [3.63, 3.8) is 0 Å². The van der Waals surface area contributed by atoms with E-state index in [0.717, 1.165) is 6.07 Å². The van der Waals surface area contributed by atoms with Gasteiger partial charge >= 0.3 is 11.9 Å². The summed E-state index contributed by atoms with van der Waals surface area (Å²) in [5.41, 5.74) is 0.153. The Morgan fingerprint density at radius 3 is 1.46 bits per heavy atom. The van der Waals surface area contributed by atoms with Crippen molar-refractivity contribution in [3.8, 4) is 41.3 Å². The van der Waals surface area contributed by atoms with Crippen molar-refractivity contribution in [2.75, 3.05) is 23.8 Å². The van der Waals surface area contributed by atoms with Gasteiger partial charge in [0.25, 0.3) is 11.8 Å². The van der Waals surface area contributed by atoms with E-state index in [-0.39, 0.29) is 47.0 Å². The molecule has 0 atom stereocenters. The van der Waals surface area contributed by atoms with Crippen LogP contribution in [0.5, 0.6) is 28.7 Å². The average molecular weight is 673 g/mol. The molecule has 12 nitrogen and oxygen atoms in total. The van der Waals surface area contributed by atoms with Gasteiger partial charge in [-0.15, -0.1) is 0 Å².